The van der Waals surface area contributed by atoms with Crippen LogP contribution >= 0.6 is 0 Å². The van der Waals surface area contributed by atoms with Gasteiger partial charge in [-0.15, -0.1) is 0 Å². The van der Waals surface area contributed by atoms with E-state index in [2.05, 4.69) is 28.2 Å². The minimum Gasteiger partial charge on any atom is -0.316 e. The summed E-state index contributed by atoms with van der Waals surface area (Å²) >= 11 is 0. The van der Waals surface area contributed by atoms with Crippen molar-refractivity contribution in [2.45, 2.75) is 19.4 Å². The minimum atomic E-state index is 0.641. The first-order valence-corrected chi connectivity index (χ1v) is 5.61. The van der Waals surface area contributed by atoms with Crippen LogP contribution in [-0.4, -0.2) is 22.9 Å². The zero-order valence-corrected chi connectivity index (χ0v) is 8.56. The molecule has 1 saturated heterocycles. The maximum atomic E-state index is 4.37. The molecule has 2 fully saturated rings. The lowest BCUT2D eigenvalue weighted by atomic mass is 10.1. The quantitative estimate of drug-likeness (QED) is 0.780. The smallest absolute Gasteiger partial charge is 0.0551 e. The third kappa shape index (κ3) is 1.12. The van der Waals surface area contributed by atoms with Crippen molar-refractivity contribution in [3.05, 3.63) is 18.5 Å². The van der Waals surface area contributed by atoms with Crippen LogP contribution in [0.25, 0.3) is 0 Å². The first kappa shape index (κ1) is 8.48. The van der Waals surface area contributed by atoms with Gasteiger partial charge in [0.05, 0.1) is 6.04 Å². The van der Waals surface area contributed by atoms with Crippen LogP contribution in [0.2, 0.25) is 0 Å². The molecule has 2 aliphatic rings. The van der Waals surface area contributed by atoms with E-state index in [9.17, 15) is 0 Å². The summed E-state index contributed by atoms with van der Waals surface area (Å²) in [6.45, 7) is 4.73. The van der Waals surface area contributed by atoms with Crippen molar-refractivity contribution in [3.8, 4) is 0 Å². The van der Waals surface area contributed by atoms with E-state index in [4.69, 9.17) is 0 Å². The van der Waals surface area contributed by atoms with Crippen LogP contribution < -0.4 is 5.32 Å². The van der Waals surface area contributed by atoms with Gasteiger partial charge in [-0.3, -0.25) is 4.68 Å². The molecule has 76 valence electrons. The number of aromatic nitrogens is 2. The van der Waals surface area contributed by atoms with Crippen LogP contribution in [0.15, 0.2) is 18.5 Å². The summed E-state index contributed by atoms with van der Waals surface area (Å²) < 4.78 is 2.16. The first-order chi connectivity index (χ1) is 6.92. The van der Waals surface area contributed by atoms with E-state index in [1.807, 2.05) is 12.3 Å². The van der Waals surface area contributed by atoms with Crippen molar-refractivity contribution in [2.24, 2.45) is 17.8 Å². The molecule has 1 N–H and O–H groups in total. The Hall–Kier alpha value is -0.830. The predicted octanol–water partition coefficient (Wildman–Crippen LogP) is 1.30. The fourth-order valence-electron chi connectivity index (χ4n) is 3.15. The molecule has 0 bridgehead atoms. The van der Waals surface area contributed by atoms with E-state index in [0.717, 1.165) is 17.8 Å². The Balaban J connectivity index is 1.77. The second kappa shape index (κ2) is 3.09. The Morgan fingerprint density at radius 2 is 2.29 bits per heavy atom. The SMILES string of the molecule is CCC([C@H]1[C@@H]2CNC[C@@H]21)n1cccn1. The zero-order chi connectivity index (χ0) is 9.54. The van der Waals surface area contributed by atoms with E-state index in [1.165, 1.54) is 19.5 Å². The third-order valence-electron chi connectivity index (χ3n) is 3.89. The second-order valence-corrected chi connectivity index (χ2v) is 4.52. The maximum absolute atomic E-state index is 4.37. The number of fused-ring (bicyclic) bond motifs is 1. The molecule has 1 aromatic heterocycles. The van der Waals surface area contributed by atoms with Gasteiger partial charge in [-0.25, -0.2) is 0 Å². The highest BCUT2D eigenvalue weighted by molar-refractivity contribution is 5.07. The van der Waals surface area contributed by atoms with Crippen LogP contribution in [0, 0.1) is 17.8 Å². The van der Waals surface area contributed by atoms with Crippen molar-refractivity contribution in [2.75, 3.05) is 13.1 Å². The lowest BCUT2D eigenvalue weighted by Gasteiger charge is -2.17. The van der Waals surface area contributed by atoms with E-state index in [-0.39, 0.29) is 0 Å². The molecule has 1 aliphatic heterocycles. The average molecular weight is 191 g/mol. The molecule has 3 nitrogen and oxygen atoms in total. The van der Waals surface area contributed by atoms with E-state index in [1.54, 1.807) is 0 Å². The number of rotatable bonds is 3. The van der Waals surface area contributed by atoms with E-state index < -0.39 is 0 Å². The summed E-state index contributed by atoms with van der Waals surface area (Å²) in [5.74, 6) is 2.76. The largest absolute Gasteiger partial charge is 0.316 e. The van der Waals surface area contributed by atoms with Crippen LogP contribution in [0.1, 0.15) is 19.4 Å². The Morgan fingerprint density at radius 3 is 2.86 bits per heavy atom. The topological polar surface area (TPSA) is 29.9 Å². The molecule has 1 aromatic rings. The Bertz CT molecular complexity index is 296. The standard InChI is InChI=1S/C11H17N3/c1-2-10(14-5-3-4-13-14)11-8-6-12-7-9(8)11/h3-5,8-12H,2,6-7H2,1H3/t8-,9+,10?,11+. The highest BCUT2D eigenvalue weighted by Gasteiger charge is 2.56. The molecular weight excluding hydrogens is 174 g/mol. The van der Waals surface area contributed by atoms with Gasteiger partial charge in [-0.05, 0) is 43.3 Å². The number of hydrogen-bond donors (Lipinski definition) is 1. The number of hydrogen-bond acceptors (Lipinski definition) is 2. The normalized spacial score (nSPS) is 36.8. The summed E-state index contributed by atoms with van der Waals surface area (Å²) in [5.41, 5.74) is 0. The average Bonchev–Trinajstić information content (AvgIpc) is 2.67. The molecule has 14 heavy (non-hydrogen) atoms. The summed E-state index contributed by atoms with van der Waals surface area (Å²) in [6, 6.07) is 2.67. The van der Waals surface area contributed by atoms with Gasteiger partial charge in [0.1, 0.15) is 0 Å². The van der Waals surface area contributed by atoms with Crippen LogP contribution in [0.3, 0.4) is 0 Å². The van der Waals surface area contributed by atoms with Gasteiger partial charge in [-0.1, -0.05) is 6.92 Å². The van der Waals surface area contributed by atoms with Gasteiger partial charge in [0.25, 0.3) is 0 Å². The molecule has 0 aromatic carbocycles. The van der Waals surface area contributed by atoms with Crippen molar-refractivity contribution >= 4 is 0 Å². The number of nitrogens with zero attached hydrogens (tertiary/aromatic N) is 2. The van der Waals surface area contributed by atoms with E-state index in [0.29, 0.717) is 6.04 Å². The van der Waals surface area contributed by atoms with Gasteiger partial charge in [-0.2, -0.15) is 5.10 Å². The molecule has 1 unspecified atom stereocenters. The van der Waals surface area contributed by atoms with Crippen molar-refractivity contribution < 1.29 is 0 Å². The lowest BCUT2D eigenvalue weighted by Crippen LogP contribution is -2.21. The summed E-state index contributed by atoms with van der Waals surface area (Å²) in [6.07, 6.45) is 5.20. The second-order valence-electron chi connectivity index (χ2n) is 4.52. The lowest BCUT2D eigenvalue weighted by molar-refractivity contribution is 0.350. The highest BCUT2D eigenvalue weighted by Crippen LogP contribution is 2.55. The van der Waals surface area contributed by atoms with Crippen molar-refractivity contribution in [1.82, 2.24) is 15.1 Å². The summed E-state index contributed by atoms with van der Waals surface area (Å²) in [5, 5.41) is 7.82. The molecule has 1 aliphatic carbocycles. The highest BCUT2D eigenvalue weighted by atomic mass is 15.3. The summed E-state index contributed by atoms with van der Waals surface area (Å²) in [7, 11) is 0. The monoisotopic (exact) mass is 191 g/mol. The zero-order valence-electron chi connectivity index (χ0n) is 8.56. The van der Waals surface area contributed by atoms with Gasteiger partial charge >= 0.3 is 0 Å². The molecular formula is C11H17N3. The maximum Gasteiger partial charge on any atom is 0.0551 e. The first-order valence-electron chi connectivity index (χ1n) is 5.61. The van der Waals surface area contributed by atoms with Gasteiger partial charge in [0, 0.05) is 12.4 Å². The van der Waals surface area contributed by atoms with Gasteiger partial charge in [0.15, 0.2) is 0 Å². The van der Waals surface area contributed by atoms with Crippen LogP contribution in [0.4, 0.5) is 0 Å². The number of nitrogens with one attached hydrogen (secondary N) is 1. The molecule has 4 atom stereocenters. The minimum absolute atomic E-state index is 0.641. The molecule has 0 radical (unpaired) electrons. The Kier molecular flexibility index (Phi) is 1.87. The molecule has 1 saturated carbocycles. The number of piperidine rings is 1. The fraction of sp³-hybridized carbons (Fsp3) is 0.727. The molecule has 3 heteroatoms. The van der Waals surface area contributed by atoms with Crippen LogP contribution in [-0.2, 0) is 0 Å². The van der Waals surface area contributed by atoms with Gasteiger partial charge in [0.2, 0.25) is 0 Å². The Labute approximate surface area is 84.5 Å². The molecule has 3 rings (SSSR count). The van der Waals surface area contributed by atoms with Crippen molar-refractivity contribution in [1.29, 1.82) is 0 Å². The predicted molar refractivity (Wildman–Crippen MR) is 54.9 cm³/mol. The summed E-state index contributed by atoms with van der Waals surface area (Å²) in [4.78, 5) is 0. The van der Waals surface area contributed by atoms with Crippen LogP contribution in [0.5, 0.6) is 0 Å². The van der Waals surface area contributed by atoms with Gasteiger partial charge < -0.3 is 5.32 Å². The molecule has 0 spiro atoms. The Morgan fingerprint density at radius 1 is 1.50 bits per heavy atom. The third-order valence-corrected chi connectivity index (χ3v) is 3.89. The molecule has 0 amide bonds. The van der Waals surface area contributed by atoms with E-state index >= 15 is 0 Å². The fourth-order valence-corrected chi connectivity index (χ4v) is 3.15. The van der Waals surface area contributed by atoms with Crippen molar-refractivity contribution in [3.63, 3.8) is 0 Å². The molecule has 2 heterocycles.